The average Bonchev–Trinajstić information content (AvgIpc) is 3.56. The van der Waals surface area contributed by atoms with Crippen molar-refractivity contribution in [2.24, 2.45) is 0 Å². The number of pyridine rings is 1. The summed E-state index contributed by atoms with van der Waals surface area (Å²) in [6, 6.07) is 22.6. The van der Waals surface area contributed by atoms with Crippen LogP contribution in [0.25, 0.3) is 21.9 Å². The van der Waals surface area contributed by atoms with Gasteiger partial charge in [-0.25, -0.2) is 15.0 Å². The minimum absolute atomic E-state index is 0.113. The fourth-order valence-corrected chi connectivity index (χ4v) is 5.15. The third kappa shape index (κ3) is 4.45. The molecular formula is C27H22ClN5OS. The van der Waals surface area contributed by atoms with Crippen molar-refractivity contribution in [2.45, 2.75) is 32.0 Å². The quantitative estimate of drug-likeness (QED) is 0.253. The molecular weight excluding hydrogens is 478 g/mol. The standard InChI is InChI=1S/C27H22ClN5OS/c28-22-15-21(32(16-18-7-3-1-4-8-18)17-19-9-5-2-6-10-19)23-25(30-22)33(20-11-12-20)27(34)24(31-23)26-29-13-14-35-26/h1-10,13-15,20H,11-12,16-17H2. The lowest BCUT2D eigenvalue weighted by atomic mass is 10.1. The van der Waals surface area contributed by atoms with Gasteiger partial charge in [-0.05, 0) is 24.0 Å². The van der Waals surface area contributed by atoms with Crippen molar-refractivity contribution >= 4 is 39.8 Å². The van der Waals surface area contributed by atoms with E-state index >= 15 is 0 Å². The fourth-order valence-electron chi connectivity index (χ4n) is 4.35. The highest BCUT2D eigenvalue weighted by molar-refractivity contribution is 7.13. The predicted molar refractivity (Wildman–Crippen MR) is 141 cm³/mol. The van der Waals surface area contributed by atoms with Crippen LogP contribution in [0.1, 0.15) is 30.0 Å². The van der Waals surface area contributed by atoms with Gasteiger partial charge in [0, 0.05) is 36.8 Å². The van der Waals surface area contributed by atoms with E-state index in [0.717, 1.165) is 18.5 Å². The number of anilines is 1. The number of aromatic nitrogens is 4. The maximum atomic E-state index is 13.5. The molecule has 0 N–H and O–H groups in total. The first-order chi connectivity index (χ1) is 17.2. The number of hydrogen-bond donors (Lipinski definition) is 0. The van der Waals surface area contributed by atoms with Gasteiger partial charge in [-0.15, -0.1) is 11.3 Å². The summed E-state index contributed by atoms with van der Waals surface area (Å²) >= 11 is 7.99. The van der Waals surface area contributed by atoms with Gasteiger partial charge in [-0.3, -0.25) is 9.36 Å². The molecule has 5 aromatic rings. The molecule has 3 aromatic heterocycles. The lowest BCUT2D eigenvalue weighted by Gasteiger charge is -2.27. The summed E-state index contributed by atoms with van der Waals surface area (Å²) in [5.41, 5.74) is 4.59. The first kappa shape index (κ1) is 21.9. The molecule has 0 atom stereocenters. The number of halogens is 1. The van der Waals surface area contributed by atoms with E-state index in [1.807, 2.05) is 47.8 Å². The highest BCUT2D eigenvalue weighted by atomic mass is 35.5. The zero-order valence-corrected chi connectivity index (χ0v) is 20.4. The average molecular weight is 500 g/mol. The first-order valence-electron chi connectivity index (χ1n) is 11.5. The minimum atomic E-state index is -0.159. The molecule has 0 bridgehead atoms. The molecule has 35 heavy (non-hydrogen) atoms. The summed E-state index contributed by atoms with van der Waals surface area (Å²) < 4.78 is 1.78. The second-order valence-corrected chi connectivity index (χ2v) is 9.95. The van der Waals surface area contributed by atoms with E-state index in [9.17, 15) is 4.79 Å². The van der Waals surface area contributed by atoms with E-state index in [4.69, 9.17) is 16.6 Å². The molecule has 2 aromatic carbocycles. The van der Waals surface area contributed by atoms with Gasteiger partial charge in [0.2, 0.25) is 0 Å². The zero-order chi connectivity index (χ0) is 23.8. The van der Waals surface area contributed by atoms with Gasteiger partial charge >= 0.3 is 0 Å². The highest BCUT2D eigenvalue weighted by Gasteiger charge is 2.30. The molecule has 0 saturated heterocycles. The Morgan fingerprint density at radius 2 is 1.63 bits per heavy atom. The Labute approximate surface area is 211 Å². The lowest BCUT2D eigenvalue weighted by Crippen LogP contribution is -2.27. The van der Waals surface area contributed by atoms with Crippen LogP contribution in [0.4, 0.5) is 5.69 Å². The third-order valence-electron chi connectivity index (χ3n) is 6.12. The van der Waals surface area contributed by atoms with Crippen LogP contribution in [0.3, 0.4) is 0 Å². The highest BCUT2D eigenvalue weighted by Crippen LogP contribution is 2.38. The molecule has 0 radical (unpaired) electrons. The molecule has 1 fully saturated rings. The third-order valence-corrected chi connectivity index (χ3v) is 7.09. The normalized spacial score (nSPS) is 13.3. The van der Waals surface area contributed by atoms with Crippen LogP contribution in [0.5, 0.6) is 0 Å². The summed E-state index contributed by atoms with van der Waals surface area (Å²) in [5, 5.41) is 2.82. The summed E-state index contributed by atoms with van der Waals surface area (Å²) in [6.45, 7) is 1.31. The topological polar surface area (TPSA) is 63.9 Å². The van der Waals surface area contributed by atoms with Crippen molar-refractivity contribution in [1.82, 2.24) is 19.5 Å². The first-order valence-corrected chi connectivity index (χ1v) is 12.8. The van der Waals surface area contributed by atoms with Gasteiger partial charge in [0.25, 0.3) is 5.56 Å². The molecule has 3 heterocycles. The number of nitrogens with zero attached hydrogens (tertiary/aromatic N) is 5. The summed E-state index contributed by atoms with van der Waals surface area (Å²) in [5.74, 6) is 0. The predicted octanol–water partition coefficient (Wildman–Crippen LogP) is 6.11. The van der Waals surface area contributed by atoms with Crippen molar-refractivity contribution in [1.29, 1.82) is 0 Å². The Morgan fingerprint density at radius 1 is 0.971 bits per heavy atom. The molecule has 0 spiro atoms. The Morgan fingerprint density at radius 3 is 2.20 bits per heavy atom. The van der Waals surface area contributed by atoms with E-state index in [1.54, 1.807) is 10.8 Å². The van der Waals surface area contributed by atoms with Crippen molar-refractivity contribution in [3.63, 3.8) is 0 Å². The molecule has 6 rings (SSSR count). The van der Waals surface area contributed by atoms with Crippen molar-refractivity contribution < 1.29 is 0 Å². The van der Waals surface area contributed by atoms with Crippen molar-refractivity contribution in [3.8, 4) is 10.7 Å². The SMILES string of the molecule is O=c1c(-c2nccs2)nc2c(N(Cc3ccccc3)Cc3ccccc3)cc(Cl)nc2n1C1CC1. The van der Waals surface area contributed by atoms with E-state index in [2.05, 4.69) is 39.1 Å². The smallest absolute Gasteiger partial charge is 0.281 e. The van der Waals surface area contributed by atoms with Crippen LogP contribution in [-0.4, -0.2) is 19.5 Å². The van der Waals surface area contributed by atoms with Gasteiger partial charge in [-0.1, -0.05) is 72.3 Å². The van der Waals surface area contributed by atoms with Crippen molar-refractivity contribution in [2.75, 3.05) is 4.90 Å². The largest absolute Gasteiger partial charge is 0.361 e. The lowest BCUT2D eigenvalue weighted by molar-refractivity contribution is 0.724. The molecule has 1 saturated carbocycles. The minimum Gasteiger partial charge on any atom is -0.361 e. The molecule has 6 nitrogen and oxygen atoms in total. The van der Waals surface area contributed by atoms with Gasteiger partial charge in [0.05, 0.1) is 5.69 Å². The van der Waals surface area contributed by atoms with E-state index < -0.39 is 0 Å². The van der Waals surface area contributed by atoms with Crippen LogP contribution in [0, 0.1) is 0 Å². The van der Waals surface area contributed by atoms with E-state index in [0.29, 0.717) is 40.1 Å². The van der Waals surface area contributed by atoms with Gasteiger partial charge < -0.3 is 4.90 Å². The summed E-state index contributed by atoms with van der Waals surface area (Å²) in [4.78, 5) is 29.6. The molecule has 0 aliphatic heterocycles. The molecule has 0 unspecified atom stereocenters. The fraction of sp³-hybridized carbons (Fsp3) is 0.185. The summed E-state index contributed by atoms with van der Waals surface area (Å²) in [7, 11) is 0. The monoisotopic (exact) mass is 499 g/mol. The Balaban J connectivity index is 1.58. The Bertz CT molecular complexity index is 1490. The van der Waals surface area contributed by atoms with Gasteiger partial charge in [0.1, 0.15) is 15.7 Å². The molecule has 1 aliphatic rings. The number of benzene rings is 2. The number of rotatable bonds is 7. The molecule has 1 aliphatic carbocycles. The Kier molecular flexibility index (Phi) is 5.80. The van der Waals surface area contributed by atoms with Crippen LogP contribution < -0.4 is 10.5 Å². The zero-order valence-electron chi connectivity index (χ0n) is 18.8. The Hall–Kier alpha value is -3.55. The second kappa shape index (κ2) is 9.24. The molecule has 8 heteroatoms. The van der Waals surface area contributed by atoms with Crippen LogP contribution >= 0.6 is 22.9 Å². The van der Waals surface area contributed by atoms with Gasteiger partial charge in [0.15, 0.2) is 11.3 Å². The maximum Gasteiger partial charge on any atom is 0.281 e. The number of hydrogen-bond acceptors (Lipinski definition) is 6. The maximum absolute atomic E-state index is 13.5. The summed E-state index contributed by atoms with van der Waals surface area (Å²) in [6.07, 6.45) is 3.58. The molecule has 0 amide bonds. The van der Waals surface area contributed by atoms with E-state index in [-0.39, 0.29) is 11.6 Å². The van der Waals surface area contributed by atoms with Crippen molar-refractivity contribution in [3.05, 3.63) is 105 Å². The van der Waals surface area contributed by atoms with Crippen LogP contribution in [-0.2, 0) is 13.1 Å². The van der Waals surface area contributed by atoms with Crippen LogP contribution in [0.2, 0.25) is 5.15 Å². The molecule has 174 valence electrons. The van der Waals surface area contributed by atoms with E-state index in [1.165, 1.54) is 22.5 Å². The number of thiazole rings is 1. The second-order valence-electron chi connectivity index (χ2n) is 8.67. The number of fused-ring (bicyclic) bond motifs is 1. The van der Waals surface area contributed by atoms with Crippen LogP contribution in [0.15, 0.2) is 83.1 Å². The van der Waals surface area contributed by atoms with Gasteiger partial charge in [-0.2, -0.15) is 0 Å².